The van der Waals surface area contributed by atoms with E-state index in [0.717, 1.165) is 19.5 Å². The van der Waals surface area contributed by atoms with Crippen molar-refractivity contribution in [3.05, 3.63) is 83.5 Å². The van der Waals surface area contributed by atoms with Gasteiger partial charge < -0.3 is 15.0 Å². The highest BCUT2D eigenvalue weighted by atomic mass is 16.5. The first-order valence-corrected chi connectivity index (χ1v) is 9.75. The van der Waals surface area contributed by atoms with E-state index in [2.05, 4.69) is 63.6 Å². The molecule has 0 spiro atoms. The van der Waals surface area contributed by atoms with Crippen LogP contribution in [-0.4, -0.2) is 46.7 Å². The van der Waals surface area contributed by atoms with Gasteiger partial charge in [0.05, 0.1) is 19.3 Å². The molecule has 0 radical (unpaired) electrons. The lowest BCUT2D eigenvalue weighted by Crippen LogP contribution is -2.42. The minimum Gasteiger partial charge on any atom is -0.376 e. The average molecular weight is 392 g/mol. The molecular weight excluding hydrogens is 368 g/mol. The Hall–Kier alpha value is -3.03. The number of hydrogen-bond acceptors (Lipinski definition) is 6. The Morgan fingerprint density at radius 2 is 1.76 bits per heavy atom. The summed E-state index contributed by atoms with van der Waals surface area (Å²) in [4.78, 5) is 17.4. The normalized spacial score (nSPS) is 17.5. The van der Waals surface area contributed by atoms with E-state index in [4.69, 9.17) is 15.0 Å². The summed E-state index contributed by atoms with van der Waals surface area (Å²) in [6.45, 7) is 2.67. The largest absolute Gasteiger partial charge is 0.376 e. The Morgan fingerprint density at radius 1 is 1.10 bits per heavy atom. The molecule has 0 saturated carbocycles. The van der Waals surface area contributed by atoms with Crippen LogP contribution in [0.15, 0.2) is 65.2 Å². The standard InChI is InChI=1S/C22H24N4O3/c23-21(27)22-24-20(25-29-22)15-26-11-12-28-18(14-26)13-19(16-7-3-1-4-8-16)17-9-5-2-6-10-17/h1-10,18-19H,11-15H2,(H2,23,27)/t18-/m0/s1. The predicted octanol–water partition coefficient (Wildman–Crippen LogP) is 2.59. The van der Waals surface area contributed by atoms with Crippen LogP contribution in [0.2, 0.25) is 0 Å². The Labute approximate surface area is 169 Å². The van der Waals surface area contributed by atoms with Crippen LogP contribution < -0.4 is 5.73 Å². The maximum Gasteiger partial charge on any atom is 0.315 e. The number of ether oxygens (including phenoxy) is 1. The van der Waals surface area contributed by atoms with Crippen LogP contribution in [0.25, 0.3) is 0 Å². The van der Waals surface area contributed by atoms with E-state index < -0.39 is 5.91 Å². The van der Waals surface area contributed by atoms with Gasteiger partial charge in [-0.05, 0) is 17.5 Å². The van der Waals surface area contributed by atoms with E-state index in [0.29, 0.717) is 19.0 Å². The Morgan fingerprint density at radius 3 is 2.34 bits per heavy atom. The van der Waals surface area contributed by atoms with Gasteiger partial charge in [0.2, 0.25) is 0 Å². The Bertz CT molecular complexity index is 890. The topological polar surface area (TPSA) is 94.5 Å². The van der Waals surface area contributed by atoms with E-state index in [-0.39, 0.29) is 17.9 Å². The summed E-state index contributed by atoms with van der Waals surface area (Å²) in [5, 5.41) is 3.84. The van der Waals surface area contributed by atoms with Crippen molar-refractivity contribution in [1.82, 2.24) is 15.0 Å². The van der Waals surface area contributed by atoms with Crippen LogP contribution in [-0.2, 0) is 11.3 Å². The van der Waals surface area contributed by atoms with Gasteiger partial charge in [0.25, 0.3) is 0 Å². The highest BCUT2D eigenvalue weighted by Crippen LogP contribution is 2.31. The molecule has 0 aliphatic carbocycles. The van der Waals surface area contributed by atoms with Crippen molar-refractivity contribution in [2.45, 2.75) is 25.0 Å². The van der Waals surface area contributed by atoms with Crippen molar-refractivity contribution >= 4 is 5.91 Å². The number of morpholine rings is 1. The van der Waals surface area contributed by atoms with E-state index in [1.807, 2.05) is 12.1 Å². The second-order valence-electron chi connectivity index (χ2n) is 7.22. The summed E-state index contributed by atoms with van der Waals surface area (Å²) in [6, 6.07) is 21.1. The summed E-state index contributed by atoms with van der Waals surface area (Å²) < 4.78 is 11.0. The van der Waals surface area contributed by atoms with Crippen LogP contribution in [0, 0.1) is 0 Å². The van der Waals surface area contributed by atoms with Gasteiger partial charge in [0, 0.05) is 19.0 Å². The number of benzene rings is 2. The molecule has 2 heterocycles. The lowest BCUT2D eigenvalue weighted by Gasteiger charge is -2.34. The molecule has 7 heteroatoms. The molecule has 7 nitrogen and oxygen atoms in total. The van der Waals surface area contributed by atoms with Gasteiger partial charge in [-0.25, -0.2) is 0 Å². The summed E-state index contributed by atoms with van der Waals surface area (Å²) >= 11 is 0. The van der Waals surface area contributed by atoms with Crippen LogP contribution in [0.1, 0.15) is 40.0 Å². The van der Waals surface area contributed by atoms with Gasteiger partial charge in [-0.2, -0.15) is 4.98 Å². The summed E-state index contributed by atoms with van der Waals surface area (Å²) in [5.74, 6) is -0.147. The molecule has 1 fully saturated rings. The third kappa shape index (κ3) is 4.88. The van der Waals surface area contributed by atoms with E-state index in [9.17, 15) is 4.79 Å². The lowest BCUT2D eigenvalue weighted by molar-refractivity contribution is -0.0373. The molecule has 1 aliphatic heterocycles. The zero-order chi connectivity index (χ0) is 20.1. The van der Waals surface area contributed by atoms with Gasteiger partial charge in [0.15, 0.2) is 5.82 Å². The quantitative estimate of drug-likeness (QED) is 0.664. The third-order valence-electron chi connectivity index (χ3n) is 5.17. The number of carbonyl (C=O) groups excluding carboxylic acids is 1. The highest BCUT2D eigenvalue weighted by molar-refractivity contribution is 5.87. The molecule has 2 N–H and O–H groups in total. The SMILES string of the molecule is NC(=O)c1nc(CN2CCO[C@@H](CC(c3ccccc3)c3ccccc3)C2)no1. The van der Waals surface area contributed by atoms with E-state index in [1.165, 1.54) is 11.1 Å². The summed E-state index contributed by atoms with van der Waals surface area (Å²) in [6.07, 6.45) is 0.959. The average Bonchev–Trinajstić information content (AvgIpc) is 3.22. The minimum absolute atomic E-state index is 0.0803. The number of amides is 1. The van der Waals surface area contributed by atoms with E-state index >= 15 is 0 Å². The first-order valence-electron chi connectivity index (χ1n) is 9.75. The van der Waals surface area contributed by atoms with Crippen molar-refractivity contribution in [2.75, 3.05) is 19.7 Å². The molecule has 1 amide bonds. The lowest BCUT2D eigenvalue weighted by atomic mass is 9.86. The van der Waals surface area contributed by atoms with Crippen molar-refractivity contribution in [2.24, 2.45) is 5.73 Å². The molecule has 1 atom stereocenters. The fourth-order valence-electron chi connectivity index (χ4n) is 3.78. The second kappa shape index (κ2) is 8.98. The molecule has 3 aromatic rings. The van der Waals surface area contributed by atoms with E-state index in [1.54, 1.807) is 0 Å². The van der Waals surface area contributed by atoms with Crippen LogP contribution in [0.3, 0.4) is 0 Å². The van der Waals surface area contributed by atoms with Gasteiger partial charge in [-0.3, -0.25) is 9.69 Å². The number of nitrogens with two attached hydrogens (primary N) is 1. The number of primary amides is 1. The molecule has 2 aromatic carbocycles. The van der Waals surface area contributed by atoms with Gasteiger partial charge >= 0.3 is 11.8 Å². The van der Waals surface area contributed by atoms with Gasteiger partial charge in [-0.15, -0.1) is 0 Å². The van der Waals surface area contributed by atoms with Gasteiger partial charge in [-0.1, -0.05) is 65.8 Å². The van der Waals surface area contributed by atoms with Crippen LogP contribution in [0.4, 0.5) is 0 Å². The third-order valence-corrected chi connectivity index (χ3v) is 5.17. The number of nitrogens with zero attached hydrogens (tertiary/aromatic N) is 3. The van der Waals surface area contributed by atoms with Crippen LogP contribution >= 0.6 is 0 Å². The monoisotopic (exact) mass is 392 g/mol. The number of carbonyl (C=O) groups is 1. The molecule has 1 aromatic heterocycles. The van der Waals surface area contributed by atoms with Crippen molar-refractivity contribution in [3.63, 3.8) is 0 Å². The fourth-order valence-corrected chi connectivity index (χ4v) is 3.78. The van der Waals surface area contributed by atoms with Crippen molar-refractivity contribution in [3.8, 4) is 0 Å². The van der Waals surface area contributed by atoms with Crippen LogP contribution in [0.5, 0.6) is 0 Å². The zero-order valence-electron chi connectivity index (χ0n) is 16.1. The second-order valence-corrected chi connectivity index (χ2v) is 7.22. The smallest absolute Gasteiger partial charge is 0.315 e. The number of rotatable bonds is 7. The number of hydrogen-bond donors (Lipinski definition) is 1. The molecule has 1 saturated heterocycles. The molecule has 29 heavy (non-hydrogen) atoms. The zero-order valence-corrected chi connectivity index (χ0v) is 16.1. The predicted molar refractivity (Wildman–Crippen MR) is 107 cm³/mol. The molecule has 0 unspecified atom stereocenters. The Balaban J connectivity index is 1.45. The minimum atomic E-state index is -0.711. The Kier molecular flexibility index (Phi) is 5.97. The fraction of sp³-hybridized carbons (Fsp3) is 0.318. The highest BCUT2D eigenvalue weighted by Gasteiger charge is 2.26. The molecule has 1 aliphatic rings. The summed E-state index contributed by atoms with van der Waals surface area (Å²) in [7, 11) is 0. The number of aromatic nitrogens is 2. The maximum absolute atomic E-state index is 11.1. The molecular formula is C22H24N4O3. The van der Waals surface area contributed by atoms with Crippen molar-refractivity contribution < 1.29 is 14.1 Å². The molecule has 4 rings (SSSR count). The first-order chi connectivity index (χ1) is 14.2. The first kappa shape index (κ1) is 19.3. The van der Waals surface area contributed by atoms with Gasteiger partial charge in [0.1, 0.15) is 0 Å². The summed E-state index contributed by atoms with van der Waals surface area (Å²) in [5.41, 5.74) is 7.74. The van der Waals surface area contributed by atoms with Crippen molar-refractivity contribution in [1.29, 1.82) is 0 Å². The molecule has 0 bridgehead atoms. The maximum atomic E-state index is 11.1. The molecule has 150 valence electrons.